The van der Waals surface area contributed by atoms with Crippen LogP contribution in [-0.2, 0) is 4.79 Å². The number of carbonyl (C=O) groups is 3. The Morgan fingerprint density at radius 1 is 0.966 bits per heavy atom. The molecule has 0 aliphatic heterocycles. The van der Waals surface area contributed by atoms with Crippen LogP contribution in [-0.4, -0.2) is 30.4 Å². The summed E-state index contributed by atoms with van der Waals surface area (Å²) in [4.78, 5) is 36.8. The van der Waals surface area contributed by atoms with Crippen molar-refractivity contribution in [3.8, 4) is 0 Å². The van der Waals surface area contributed by atoms with Crippen molar-refractivity contribution >= 4 is 29.2 Å². The van der Waals surface area contributed by atoms with Crippen molar-refractivity contribution in [1.82, 2.24) is 10.6 Å². The summed E-state index contributed by atoms with van der Waals surface area (Å²) in [6, 6.07) is 11.0. The number of benzene rings is 2. The molecule has 2 aromatic carbocycles. The first-order chi connectivity index (χ1) is 13.8. The van der Waals surface area contributed by atoms with Crippen LogP contribution >= 0.6 is 0 Å². The first-order valence-electron chi connectivity index (χ1n) is 9.33. The molecule has 0 saturated carbocycles. The van der Waals surface area contributed by atoms with Crippen molar-refractivity contribution < 1.29 is 18.8 Å². The molecule has 2 rings (SSSR count). The molecule has 7 nitrogen and oxygen atoms in total. The zero-order valence-electron chi connectivity index (χ0n) is 16.6. The third kappa shape index (κ3) is 6.31. The van der Waals surface area contributed by atoms with Crippen LogP contribution in [0.5, 0.6) is 0 Å². The first-order valence-corrected chi connectivity index (χ1v) is 9.33. The average molecular weight is 400 g/mol. The van der Waals surface area contributed by atoms with Crippen molar-refractivity contribution in [2.24, 2.45) is 5.92 Å². The SMILES string of the molecule is CCNC(=O)Nc1cccc(NC(=O)C(NC(=O)c2ccccc2F)C(C)C)c1. The lowest BCUT2D eigenvalue weighted by atomic mass is 10.0. The lowest BCUT2D eigenvalue weighted by molar-refractivity contribution is -0.118. The van der Waals surface area contributed by atoms with Gasteiger partial charge in [0.25, 0.3) is 5.91 Å². The largest absolute Gasteiger partial charge is 0.340 e. The molecule has 0 bridgehead atoms. The van der Waals surface area contributed by atoms with Crippen LogP contribution in [0.3, 0.4) is 0 Å². The van der Waals surface area contributed by atoms with Crippen molar-refractivity contribution in [2.45, 2.75) is 26.8 Å². The molecule has 0 aliphatic rings. The van der Waals surface area contributed by atoms with Gasteiger partial charge in [-0.3, -0.25) is 9.59 Å². The minimum absolute atomic E-state index is 0.126. The summed E-state index contributed by atoms with van der Waals surface area (Å²) in [6.45, 7) is 5.84. The van der Waals surface area contributed by atoms with E-state index in [0.717, 1.165) is 0 Å². The Labute approximate surface area is 169 Å². The number of nitrogens with one attached hydrogen (secondary N) is 4. The van der Waals surface area contributed by atoms with E-state index in [0.29, 0.717) is 17.9 Å². The Hall–Kier alpha value is -3.42. The molecule has 29 heavy (non-hydrogen) atoms. The highest BCUT2D eigenvalue weighted by Gasteiger charge is 2.25. The molecule has 0 aromatic heterocycles. The fourth-order valence-electron chi connectivity index (χ4n) is 2.63. The van der Waals surface area contributed by atoms with E-state index in [4.69, 9.17) is 0 Å². The lowest BCUT2D eigenvalue weighted by Crippen LogP contribution is -2.47. The van der Waals surface area contributed by atoms with Gasteiger partial charge in [0, 0.05) is 17.9 Å². The maximum atomic E-state index is 13.8. The molecule has 4 amide bonds. The summed E-state index contributed by atoms with van der Waals surface area (Å²) >= 11 is 0. The fourth-order valence-corrected chi connectivity index (χ4v) is 2.63. The molecular weight excluding hydrogens is 375 g/mol. The number of rotatable bonds is 7. The zero-order chi connectivity index (χ0) is 21.4. The Bertz CT molecular complexity index is 886. The third-order valence-electron chi connectivity index (χ3n) is 4.08. The Morgan fingerprint density at radius 3 is 2.24 bits per heavy atom. The van der Waals surface area contributed by atoms with Gasteiger partial charge in [-0.2, -0.15) is 0 Å². The molecule has 2 aromatic rings. The lowest BCUT2D eigenvalue weighted by Gasteiger charge is -2.22. The maximum absolute atomic E-state index is 13.8. The van der Waals surface area contributed by atoms with Crippen LogP contribution in [0.2, 0.25) is 0 Å². The normalized spacial score (nSPS) is 11.5. The predicted molar refractivity (Wildman–Crippen MR) is 110 cm³/mol. The van der Waals surface area contributed by atoms with Gasteiger partial charge in [-0.15, -0.1) is 0 Å². The molecular formula is C21H25FN4O3. The summed E-state index contributed by atoms with van der Waals surface area (Å²) in [5, 5.41) is 10.6. The second-order valence-electron chi connectivity index (χ2n) is 6.73. The fraction of sp³-hybridized carbons (Fsp3) is 0.286. The average Bonchev–Trinajstić information content (AvgIpc) is 2.66. The van der Waals surface area contributed by atoms with Crippen LogP contribution in [0.4, 0.5) is 20.6 Å². The molecule has 154 valence electrons. The molecule has 0 heterocycles. The van der Waals surface area contributed by atoms with Gasteiger partial charge >= 0.3 is 6.03 Å². The summed E-state index contributed by atoms with van der Waals surface area (Å²) in [6.07, 6.45) is 0. The van der Waals surface area contributed by atoms with Gasteiger partial charge in [-0.25, -0.2) is 9.18 Å². The molecule has 1 atom stereocenters. The van der Waals surface area contributed by atoms with E-state index in [1.54, 1.807) is 51.1 Å². The standard InChI is InChI=1S/C21H25FN4O3/c1-4-23-21(29)25-15-9-7-8-14(12-15)24-20(28)18(13(2)3)26-19(27)16-10-5-6-11-17(16)22/h5-13,18H,4H2,1-3H3,(H,24,28)(H,26,27)(H2,23,25,29). The zero-order valence-corrected chi connectivity index (χ0v) is 16.6. The van der Waals surface area contributed by atoms with Gasteiger partial charge in [0.05, 0.1) is 5.56 Å². The molecule has 0 spiro atoms. The summed E-state index contributed by atoms with van der Waals surface area (Å²) in [5.74, 6) is -2.00. The summed E-state index contributed by atoms with van der Waals surface area (Å²) in [5.41, 5.74) is 0.833. The van der Waals surface area contributed by atoms with E-state index in [1.807, 2.05) is 0 Å². The maximum Gasteiger partial charge on any atom is 0.319 e. The van der Waals surface area contributed by atoms with Gasteiger partial charge < -0.3 is 21.3 Å². The van der Waals surface area contributed by atoms with E-state index in [9.17, 15) is 18.8 Å². The third-order valence-corrected chi connectivity index (χ3v) is 4.08. The molecule has 0 fully saturated rings. The smallest absolute Gasteiger partial charge is 0.319 e. The van der Waals surface area contributed by atoms with E-state index < -0.39 is 23.7 Å². The second kappa shape index (κ2) is 10.2. The van der Waals surface area contributed by atoms with Crippen molar-refractivity contribution in [1.29, 1.82) is 0 Å². The number of hydrogen-bond donors (Lipinski definition) is 4. The topological polar surface area (TPSA) is 99.3 Å². The Kier molecular flexibility index (Phi) is 7.70. The van der Waals surface area contributed by atoms with Gasteiger partial charge in [0.15, 0.2) is 0 Å². The van der Waals surface area contributed by atoms with E-state index in [1.165, 1.54) is 18.2 Å². The Balaban J connectivity index is 2.09. The monoisotopic (exact) mass is 400 g/mol. The summed E-state index contributed by atoms with van der Waals surface area (Å²) in [7, 11) is 0. The quantitative estimate of drug-likeness (QED) is 0.573. The highest BCUT2D eigenvalue weighted by Crippen LogP contribution is 2.17. The van der Waals surface area contributed by atoms with Crippen LogP contribution in [0.25, 0.3) is 0 Å². The van der Waals surface area contributed by atoms with E-state index >= 15 is 0 Å². The molecule has 0 saturated heterocycles. The van der Waals surface area contributed by atoms with Gasteiger partial charge in [-0.1, -0.05) is 32.0 Å². The highest BCUT2D eigenvalue weighted by atomic mass is 19.1. The molecule has 0 radical (unpaired) electrons. The first kappa shape index (κ1) is 21.9. The number of halogens is 1. The molecule has 0 aliphatic carbocycles. The van der Waals surface area contributed by atoms with Gasteiger partial charge in [0.2, 0.25) is 5.91 Å². The predicted octanol–water partition coefficient (Wildman–Crippen LogP) is 3.36. The number of carbonyl (C=O) groups excluding carboxylic acids is 3. The minimum Gasteiger partial charge on any atom is -0.340 e. The van der Waals surface area contributed by atoms with Gasteiger partial charge in [0.1, 0.15) is 11.9 Å². The molecule has 4 N–H and O–H groups in total. The van der Waals surface area contributed by atoms with Crippen molar-refractivity contribution in [3.05, 3.63) is 59.9 Å². The van der Waals surface area contributed by atoms with Crippen molar-refractivity contribution in [3.63, 3.8) is 0 Å². The number of hydrogen-bond acceptors (Lipinski definition) is 3. The van der Waals surface area contributed by atoms with Crippen LogP contribution in [0, 0.1) is 11.7 Å². The number of urea groups is 1. The van der Waals surface area contributed by atoms with Crippen LogP contribution in [0.15, 0.2) is 48.5 Å². The molecule has 8 heteroatoms. The molecule has 1 unspecified atom stereocenters. The van der Waals surface area contributed by atoms with E-state index in [2.05, 4.69) is 21.3 Å². The van der Waals surface area contributed by atoms with Crippen LogP contribution in [0.1, 0.15) is 31.1 Å². The van der Waals surface area contributed by atoms with E-state index in [-0.39, 0.29) is 17.5 Å². The van der Waals surface area contributed by atoms with Gasteiger partial charge in [-0.05, 0) is 43.2 Å². The minimum atomic E-state index is -0.873. The Morgan fingerprint density at radius 2 is 1.62 bits per heavy atom. The van der Waals surface area contributed by atoms with Crippen LogP contribution < -0.4 is 21.3 Å². The summed E-state index contributed by atoms with van der Waals surface area (Å²) < 4.78 is 13.8. The number of anilines is 2. The second-order valence-corrected chi connectivity index (χ2v) is 6.73. The van der Waals surface area contributed by atoms with Crippen molar-refractivity contribution in [2.75, 3.05) is 17.2 Å². The highest BCUT2D eigenvalue weighted by molar-refractivity contribution is 6.01. The number of amides is 4.